The molecular weight excluding hydrogens is 307 g/mol. The average molecular weight is 320 g/mol. The smallest absolute Gasteiger partial charge is 0.268 e. The van der Waals surface area contributed by atoms with E-state index in [1.54, 1.807) is 18.2 Å². The first-order chi connectivity index (χ1) is 11.6. The van der Waals surface area contributed by atoms with Gasteiger partial charge in [-0.25, -0.2) is 4.98 Å². The third kappa shape index (κ3) is 1.98. The molecule has 0 radical (unpaired) electrons. The number of aryl methyl sites for hydroxylation is 1. The van der Waals surface area contributed by atoms with Gasteiger partial charge in [-0.15, -0.1) is 0 Å². The van der Waals surface area contributed by atoms with Crippen molar-refractivity contribution in [2.45, 2.75) is 13.5 Å². The van der Waals surface area contributed by atoms with Crippen molar-refractivity contribution in [1.82, 2.24) is 14.9 Å². The molecule has 0 saturated heterocycles. The van der Waals surface area contributed by atoms with Crippen molar-refractivity contribution in [3.8, 4) is 17.2 Å². The van der Waals surface area contributed by atoms with E-state index in [1.165, 1.54) is 12.3 Å². The van der Waals surface area contributed by atoms with Crippen LogP contribution >= 0.6 is 0 Å². The van der Waals surface area contributed by atoms with Gasteiger partial charge in [0, 0.05) is 36.3 Å². The lowest BCUT2D eigenvalue weighted by Crippen LogP contribution is -2.35. The van der Waals surface area contributed by atoms with Crippen LogP contribution in [0.25, 0.3) is 22.0 Å². The zero-order valence-electron chi connectivity index (χ0n) is 12.9. The monoisotopic (exact) mass is 320 g/mol. The third-order valence-corrected chi connectivity index (χ3v) is 4.41. The van der Waals surface area contributed by atoms with E-state index in [2.05, 4.69) is 16.4 Å². The minimum Gasteiger partial charge on any atom is -0.349 e. The zero-order chi connectivity index (χ0) is 16.8. The second-order valence-electron chi connectivity index (χ2n) is 5.78. The minimum atomic E-state index is -0.581. The van der Waals surface area contributed by atoms with Gasteiger partial charge in [0.2, 0.25) is 5.95 Å². The summed E-state index contributed by atoms with van der Waals surface area (Å²) in [6, 6.07) is 8.70. The van der Waals surface area contributed by atoms with Crippen LogP contribution in [0.2, 0.25) is 0 Å². The van der Waals surface area contributed by atoms with Crippen LogP contribution in [0.15, 0.2) is 30.5 Å². The number of benzene rings is 1. The van der Waals surface area contributed by atoms with Gasteiger partial charge >= 0.3 is 0 Å². The Kier molecular flexibility index (Phi) is 3.10. The van der Waals surface area contributed by atoms with E-state index < -0.39 is 5.95 Å². The van der Waals surface area contributed by atoms with E-state index in [0.29, 0.717) is 29.9 Å². The summed E-state index contributed by atoms with van der Waals surface area (Å²) in [6.07, 6.45) is 1.40. The number of hydrogen-bond donors (Lipinski definition) is 1. The predicted octanol–water partition coefficient (Wildman–Crippen LogP) is 2.77. The van der Waals surface area contributed by atoms with Gasteiger partial charge in [-0.05, 0) is 36.2 Å². The summed E-state index contributed by atoms with van der Waals surface area (Å²) >= 11 is 0. The topological polar surface area (TPSA) is 70.7 Å². The Bertz CT molecular complexity index is 1050. The van der Waals surface area contributed by atoms with Crippen molar-refractivity contribution in [3.05, 3.63) is 53.2 Å². The lowest BCUT2D eigenvalue weighted by Gasteiger charge is -2.18. The van der Waals surface area contributed by atoms with Crippen molar-refractivity contribution < 1.29 is 9.18 Å². The van der Waals surface area contributed by atoms with Crippen LogP contribution in [0, 0.1) is 24.2 Å². The summed E-state index contributed by atoms with van der Waals surface area (Å²) in [5.41, 5.74) is 4.12. The van der Waals surface area contributed by atoms with Gasteiger partial charge in [0.15, 0.2) is 0 Å². The number of fused-ring (bicyclic) bond motifs is 3. The van der Waals surface area contributed by atoms with E-state index in [1.807, 2.05) is 11.5 Å². The Morgan fingerprint density at radius 2 is 2.21 bits per heavy atom. The number of halogens is 1. The molecule has 1 amide bonds. The van der Waals surface area contributed by atoms with Gasteiger partial charge < -0.3 is 9.88 Å². The van der Waals surface area contributed by atoms with E-state index in [-0.39, 0.29) is 5.91 Å². The summed E-state index contributed by atoms with van der Waals surface area (Å²) in [5.74, 6) is -0.705. The fourth-order valence-corrected chi connectivity index (χ4v) is 3.39. The fourth-order valence-electron chi connectivity index (χ4n) is 3.39. The Balaban J connectivity index is 2.15. The maximum absolute atomic E-state index is 13.6. The first-order valence-electron chi connectivity index (χ1n) is 7.57. The number of carbonyl (C=O) groups is 1. The Labute approximate surface area is 137 Å². The molecule has 1 aromatic carbocycles. The maximum Gasteiger partial charge on any atom is 0.268 e. The van der Waals surface area contributed by atoms with Crippen molar-refractivity contribution in [3.63, 3.8) is 0 Å². The summed E-state index contributed by atoms with van der Waals surface area (Å²) < 4.78 is 15.6. The predicted molar refractivity (Wildman–Crippen MR) is 86.9 cm³/mol. The molecule has 3 aromatic rings. The number of hydrogen-bond acceptors (Lipinski definition) is 3. The standard InChI is InChI=1S/C18H13FN4O/c1-10-13-6-11(9-20)7-14(12-2-3-21-15(19)8-12)17(13)23-5-4-22-18(24)16(10)23/h2-3,6-8H,4-5H2,1H3,(H,22,24). The van der Waals surface area contributed by atoms with Gasteiger partial charge in [0.1, 0.15) is 5.69 Å². The maximum atomic E-state index is 13.6. The fraction of sp³-hybridized carbons (Fsp3) is 0.167. The molecule has 5 nitrogen and oxygen atoms in total. The molecule has 3 heterocycles. The molecule has 0 fully saturated rings. The molecule has 6 heteroatoms. The Morgan fingerprint density at radius 3 is 2.96 bits per heavy atom. The van der Waals surface area contributed by atoms with Gasteiger partial charge in [0.25, 0.3) is 5.91 Å². The Morgan fingerprint density at radius 1 is 1.38 bits per heavy atom. The second-order valence-corrected chi connectivity index (χ2v) is 5.78. The highest BCUT2D eigenvalue weighted by molar-refractivity contribution is 6.06. The minimum absolute atomic E-state index is 0.125. The van der Waals surface area contributed by atoms with Crippen LogP contribution in [0.3, 0.4) is 0 Å². The SMILES string of the molecule is Cc1c2n(c3c(-c4ccnc(F)c4)cc(C#N)cc13)CCNC2=O. The quantitative estimate of drug-likeness (QED) is 0.701. The van der Waals surface area contributed by atoms with E-state index >= 15 is 0 Å². The first-order valence-corrected chi connectivity index (χ1v) is 7.57. The molecule has 0 spiro atoms. The first kappa shape index (κ1) is 14.4. The van der Waals surface area contributed by atoms with Gasteiger partial charge in [-0.2, -0.15) is 9.65 Å². The molecule has 0 unspecified atom stereocenters. The summed E-state index contributed by atoms with van der Waals surface area (Å²) in [7, 11) is 0. The van der Waals surface area contributed by atoms with Crippen LogP contribution in [0.5, 0.6) is 0 Å². The molecule has 0 aliphatic carbocycles. The number of amides is 1. The molecule has 118 valence electrons. The molecule has 1 aliphatic rings. The number of rotatable bonds is 1. The summed E-state index contributed by atoms with van der Waals surface area (Å²) in [4.78, 5) is 15.9. The van der Waals surface area contributed by atoms with Crippen molar-refractivity contribution in [1.29, 1.82) is 5.26 Å². The molecule has 4 rings (SSSR count). The molecule has 24 heavy (non-hydrogen) atoms. The number of pyridine rings is 1. The van der Waals surface area contributed by atoms with Crippen LogP contribution in [-0.4, -0.2) is 22.0 Å². The van der Waals surface area contributed by atoms with Crippen molar-refractivity contribution >= 4 is 16.8 Å². The normalized spacial score (nSPS) is 13.5. The zero-order valence-corrected chi connectivity index (χ0v) is 12.9. The number of aromatic nitrogens is 2. The highest BCUT2D eigenvalue weighted by Crippen LogP contribution is 2.36. The number of nitrogens with one attached hydrogen (secondary N) is 1. The lowest BCUT2D eigenvalue weighted by atomic mass is 9.99. The number of carbonyl (C=O) groups excluding carboxylic acids is 1. The van der Waals surface area contributed by atoms with Gasteiger partial charge in [0.05, 0.1) is 17.1 Å². The highest BCUT2D eigenvalue weighted by Gasteiger charge is 2.25. The molecule has 0 atom stereocenters. The Hall–Kier alpha value is -3.20. The highest BCUT2D eigenvalue weighted by atomic mass is 19.1. The van der Waals surface area contributed by atoms with E-state index in [4.69, 9.17) is 0 Å². The van der Waals surface area contributed by atoms with E-state index in [9.17, 15) is 14.4 Å². The van der Waals surface area contributed by atoms with Crippen LogP contribution < -0.4 is 5.32 Å². The molecule has 1 N–H and O–H groups in total. The van der Waals surface area contributed by atoms with Crippen LogP contribution in [0.4, 0.5) is 4.39 Å². The largest absolute Gasteiger partial charge is 0.349 e. The van der Waals surface area contributed by atoms with Crippen molar-refractivity contribution in [2.24, 2.45) is 0 Å². The second kappa shape index (κ2) is 5.17. The summed E-state index contributed by atoms with van der Waals surface area (Å²) in [6.45, 7) is 3.05. The van der Waals surface area contributed by atoms with Gasteiger partial charge in [-0.1, -0.05) is 0 Å². The van der Waals surface area contributed by atoms with Crippen molar-refractivity contribution in [2.75, 3.05) is 6.54 Å². The van der Waals surface area contributed by atoms with Crippen LogP contribution in [0.1, 0.15) is 21.6 Å². The molecule has 1 aliphatic heterocycles. The third-order valence-electron chi connectivity index (χ3n) is 4.41. The summed E-state index contributed by atoms with van der Waals surface area (Å²) in [5, 5.41) is 13.0. The molecule has 0 saturated carbocycles. The van der Waals surface area contributed by atoms with Crippen LogP contribution in [-0.2, 0) is 6.54 Å². The number of nitrogens with zero attached hydrogens (tertiary/aromatic N) is 3. The molecule has 2 aromatic heterocycles. The van der Waals surface area contributed by atoms with Gasteiger partial charge in [-0.3, -0.25) is 4.79 Å². The van der Waals surface area contributed by atoms with E-state index in [0.717, 1.165) is 22.0 Å². The molecular formula is C18H13FN4O. The number of nitriles is 1. The molecule has 0 bridgehead atoms. The lowest BCUT2D eigenvalue weighted by molar-refractivity contribution is 0.0928. The average Bonchev–Trinajstić information content (AvgIpc) is 2.88.